The number of benzene rings is 2. The van der Waals surface area contributed by atoms with Crippen molar-refractivity contribution in [3.8, 4) is 11.3 Å². The summed E-state index contributed by atoms with van der Waals surface area (Å²) < 4.78 is 30.9. The van der Waals surface area contributed by atoms with Crippen LogP contribution in [0.2, 0.25) is 5.02 Å². The van der Waals surface area contributed by atoms with Gasteiger partial charge in [-0.2, -0.15) is 0 Å². The van der Waals surface area contributed by atoms with E-state index in [4.69, 9.17) is 21.3 Å². The molecule has 2 aliphatic rings. The van der Waals surface area contributed by atoms with Crippen LogP contribution in [0, 0.1) is 0 Å². The molecule has 1 amide bonds. The molecule has 2 heterocycles. The van der Waals surface area contributed by atoms with Gasteiger partial charge in [0, 0.05) is 23.2 Å². The van der Waals surface area contributed by atoms with Gasteiger partial charge in [0.15, 0.2) is 0 Å². The summed E-state index contributed by atoms with van der Waals surface area (Å²) in [6, 6.07) is 15.5. The Morgan fingerprint density at radius 2 is 1.91 bits per heavy atom. The van der Waals surface area contributed by atoms with E-state index in [9.17, 15) is 13.2 Å². The van der Waals surface area contributed by atoms with Crippen molar-refractivity contribution in [2.75, 3.05) is 28.7 Å². The number of pyridine rings is 1. The molecule has 1 aromatic heterocycles. The first-order chi connectivity index (χ1) is 15.9. The lowest BCUT2D eigenvalue weighted by Crippen LogP contribution is -2.41. The van der Waals surface area contributed by atoms with Gasteiger partial charge in [0.25, 0.3) is 5.91 Å². The quantitative estimate of drug-likeness (QED) is 0.598. The predicted octanol–water partition coefficient (Wildman–Crippen LogP) is 4.35. The number of halogens is 1. The maximum atomic E-state index is 12.8. The Morgan fingerprint density at radius 3 is 2.70 bits per heavy atom. The van der Waals surface area contributed by atoms with E-state index in [-0.39, 0.29) is 25.0 Å². The van der Waals surface area contributed by atoms with Gasteiger partial charge in [-0.1, -0.05) is 29.8 Å². The van der Waals surface area contributed by atoms with Crippen molar-refractivity contribution in [1.29, 1.82) is 0 Å². The second-order valence-electron chi connectivity index (χ2n) is 7.74. The zero-order chi connectivity index (χ0) is 23.0. The average molecular weight is 482 g/mol. The molecule has 168 valence electrons. The zero-order valence-electron chi connectivity index (χ0n) is 17.5. The molecule has 1 fully saturated rings. The maximum Gasteiger partial charge on any atom is 0.255 e. The van der Waals surface area contributed by atoms with Crippen LogP contribution in [-0.4, -0.2) is 38.4 Å². The molecule has 0 bridgehead atoms. The van der Waals surface area contributed by atoms with Crippen LogP contribution in [0.5, 0.6) is 0 Å². The fourth-order valence-electron chi connectivity index (χ4n) is 3.79. The molecule has 1 aliphatic carbocycles. The van der Waals surface area contributed by atoms with Gasteiger partial charge in [0.05, 0.1) is 34.5 Å². The highest BCUT2D eigenvalue weighted by atomic mass is 35.5. The number of nitrogens with zero attached hydrogens (tertiary/aromatic N) is 2. The molecular formula is C24H20ClN3O4S. The fraction of sp³-hybridized carbons (Fsp3) is 0.167. The molecule has 7 nitrogen and oxygen atoms in total. The summed E-state index contributed by atoms with van der Waals surface area (Å²) in [7, 11) is -3.41. The minimum atomic E-state index is -3.41. The molecule has 1 aliphatic heterocycles. The Balaban J connectivity index is 1.34. The van der Waals surface area contributed by atoms with Crippen LogP contribution in [-0.2, 0) is 21.2 Å². The van der Waals surface area contributed by atoms with Gasteiger partial charge in [-0.15, -0.1) is 0 Å². The standard InChI is InChI=1S/C24H20ClN3O4S/c25-21-10-7-18(14-20(21)23-11-6-16-2-1-3-22(16)27-23)26-24(29)17-4-8-19(9-5-17)28-15-32-12-13-33(28,30)31/h1-2,4-11,14H,3,12-13,15H2,(H,26,29). The number of amides is 1. The van der Waals surface area contributed by atoms with Gasteiger partial charge in [-0.25, -0.2) is 12.7 Å². The zero-order valence-corrected chi connectivity index (χ0v) is 19.1. The number of allylic oxidation sites excluding steroid dienone is 1. The molecule has 0 spiro atoms. The fourth-order valence-corrected chi connectivity index (χ4v) is 5.24. The van der Waals surface area contributed by atoms with Crippen molar-refractivity contribution in [2.24, 2.45) is 0 Å². The Kier molecular flexibility index (Phi) is 5.65. The molecule has 9 heteroatoms. The molecule has 2 aromatic carbocycles. The van der Waals surface area contributed by atoms with Crippen molar-refractivity contribution in [3.63, 3.8) is 0 Å². The molecule has 5 rings (SSSR count). The molecular weight excluding hydrogens is 462 g/mol. The summed E-state index contributed by atoms with van der Waals surface area (Å²) in [5.74, 6) is -0.386. The van der Waals surface area contributed by atoms with Crippen LogP contribution in [0.25, 0.3) is 17.3 Å². The third-order valence-electron chi connectivity index (χ3n) is 5.57. The van der Waals surface area contributed by atoms with Crippen molar-refractivity contribution >= 4 is 45.0 Å². The summed E-state index contributed by atoms with van der Waals surface area (Å²) in [6.45, 7) is 0.147. The number of aromatic nitrogens is 1. The van der Waals surface area contributed by atoms with E-state index in [1.54, 1.807) is 42.5 Å². The van der Waals surface area contributed by atoms with Gasteiger partial charge in [0.2, 0.25) is 10.0 Å². The summed E-state index contributed by atoms with van der Waals surface area (Å²) in [4.78, 5) is 17.5. The smallest absolute Gasteiger partial charge is 0.255 e. The number of carbonyl (C=O) groups is 1. The van der Waals surface area contributed by atoms with Gasteiger partial charge < -0.3 is 10.1 Å². The number of sulfonamides is 1. The number of ether oxygens (including phenoxy) is 1. The highest BCUT2D eigenvalue weighted by Crippen LogP contribution is 2.31. The number of nitrogens with one attached hydrogen (secondary N) is 1. The van der Waals surface area contributed by atoms with E-state index in [1.807, 2.05) is 18.2 Å². The first-order valence-electron chi connectivity index (χ1n) is 10.4. The van der Waals surface area contributed by atoms with Crippen LogP contribution in [0.4, 0.5) is 11.4 Å². The first kappa shape index (κ1) is 21.6. The Hall–Kier alpha value is -3.20. The molecule has 1 N–H and O–H groups in total. The molecule has 0 saturated carbocycles. The van der Waals surface area contributed by atoms with Gasteiger partial charge in [-0.3, -0.25) is 9.78 Å². The SMILES string of the molecule is O=C(Nc1ccc(Cl)c(-c2ccc3c(n2)CC=C3)c1)c1ccc(N2COCCS2(=O)=O)cc1. The van der Waals surface area contributed by atoms with Crippen molar-refractivity contribution in [2.45, 2.75) is 6.42 Å². The minimum absolute atomic E-state index is 0.0335. The molecule has 33 heavy (non-hydrogen) atoms. The number of anilines is 2. The number of hydrogen-bond donors (Lipinski definition) is 1. The third kappa shape index (κ3) is 4.37. The van der Waals surface area contributed by atoms with E-state index in [1.165, 1.54) is 4.31 Å². The number of hydrogen-bond acceptors (Lipinski definition) is 5. The van der Waals surface area contributed by atoms with E-state index >= 15 is 0 Å². The monoisotopic (exact) mass is 481 g/mol. The molecule has 0 unspecified atom stereocenters. The Bertz CT molecular complexity index is 1370. The first-order valence-corrected chi connectivity index (χ1v) is 12.4. The van der Waals surface area contributed by atoms with E-state index < -0.39 is 10.0 Å². The van der Waals surface area contributed by atoms with Gasteiger partial charge in [0.1, 0.15) is 6.73 Å². The summed E-state index contributed by atoms with van der Waals surface area (Å²) in [5, 5.41) is 3.41. The molecule has 0 radical (unpaired) electrons. The second-order valence-corrected chi connectivity index (χ2v) is 10.2. The second kappa shape index (κ2) is 8.62. The van der Waals surface area contributed by atoms with Crippen molar-refractivity contribution in [1.82, 2.24) is 4.98 Å². The van der Waals surface area contributed by atoms with Crippen LogP contribution in [0.3, 0.4) is 0 Å². The molecule has 0 atom stereocenters. The number of fused-ring (bicyclic) bond motifs is 1. The lowest BCUT2D eigenvalue weighted by atomic mass is 10.1. The van der Waals surface area contributed by atoms with E-state index in [0.717, 1.165) is 28.9 Å². The topological polar surface area (TPSA) is 88.6 Å². The van der Waals surface area contributed by atoms with E-state index in [2.05, 4.69) is 11.4 Å². The third-order valence-corrected chi connectivity index (χ3v) is 7.57. The molecule has 3 aromatic rings. The van der Waals surface area contributed by atoms with Crippen molar-refractivity contribution in [3.05, 3.63) is 82.5 Å². The van der Waals surface area contributed by atoms with Crippen LogP contribution < -0.4 is 9.62 Å². The highest BCUT2D eigenvalue weighted by Gasteiger charge is 2.26. The average Bonchev–Trinajstić information content (AvgIpc) is 3.28. The van der Waals surface area contributed by atoms with Crippen molar-refractivity contribution < 1.29 is 17.9 Å². The van der Waals surface area contributed by atoms with Gasteiger partial charge >= 0.3 is 0 Å². The Morgan fingerprint density at radius 1 is 1.09 bits per heavy atom. The largest absolute Gasteiger partial charge is 0.359 e. The summed E-state index contributed by atoms with van der Waals surface area (Å²) in [6.07, 6.45) is 4.90. The van der Waals surface area contributed by atoms with Crippen LogP contribution in [0.1, 0.15) is 21.6 Å². The van der Waals surface area contributed by atoms with E-state index in [0.29, 0.717) is 22.0 Å². The lowest BCUT2D eigenvalue weighted by molar-refractivity contribution is 0.102. The normalized spacial score (nSPS) is 16.5. The van der Waals surface area contributed by atoms with Crippen LogP contribution >= 0.6 is 11.6 Å². The highest BCUT2D eigenvalue weighted by molar-refractivity contribution is 7.92. The minimum Gasteiger partial charge on any atom is -0.359 e. The Labute approximate surface area is 196 Å². The summed E-state index contributed by atoms with van der Waals surface area (Å²) >= 11 is 6.42. The lowest BCUT2D eigenvalue weighted by Gasteiger charge is -2.28. The van der Waals surface area contributed by atoms with Crippen LogP contribution in [0.15, 0.2) is 60.7 Å². The summed E-state index contributed by atoms with van der Waals surface area (Å²) in [5.41, 5.74) is 5.01. The van der Waals surface area contributed by atoms with Gasteiger partial charge in [-0.05, 0) is 54.1 Å². The number of carbonyl (C=O) groups excluding carboxylic acids is 1. The predicted molar refractivity (Wildman–Crippen MR) is 129 cm³/mol. The maximum absolute atomic E-state index is 12.8. The number of rotatable bonds is 4. The molecule has 1 saturated heterocycles.